The van der Waals surface area contributed by atoms with E-state index in [-0.39, 0.29) is 35.6 Å². The summed E-state index contributed by atoms with van der Waals surface area (Å²) >= 11 is 0. The van der Waals surface area contributed by atoms with Crippen LogP contribution in [0.3, 0.4) is 0 Å². The first-order valence-corrected chi connectivity index (χ1v) is 10.9. The van der Waals surface area contributed by atoms with Gasteiger partial charge in [0.2, 0.25) is 5.91 Å². The number of carbonyl (C=O) groups excluding carboxylic acids is 1. The minimum atomic E-state index is -2.96. The Kier molecular flexibility index (Phi) is 7.34. The molecule has 1 N–H and O–H groups in total. The Morgan fingerprint density at radius 3 is 2.69 bits per heavy atom. The van der Waals surface area contributed by atoms with Gasteiger partial charge in [-0.2, -0.15) is 8.78 Å². The largest absolute Gasteiger partial charge is 0.433 e. The van der Waals surface area contributed by atoms with Crippen LogP contribution in [-0.2, 0) is 20.9 Å². The monoisotopic (exact) mass is 446 g/mol. The average molecular weight is 446 g/mol. The van der Waals surface area contributed by atoms with Gasteiger partial charge < -0.3 is 19.5 Å². The highest BCUT2D eigenvalue weighted by Crippen LogP contribution is 2.38. The second kappa shape index (κ2) is 10.4. The molecular weight excluding hydrogens is 418 g/mol. The minimum absolute atomic E-state index is 0.0585. The highest BCUT2D eigenvalue weighted by molar-refractivity contribution is 5.93. The molecule has 0 unspecified atom stereocenters. The van der Waals surface area contributed by atoms with Crippen LogP contribution in [0.25, 0.3) is 0 Å². The van der Waals surface area contributed by atoms with Crippen LogP contribution in [0, 0.1) is 0 Å². The Labute approximate surface area is 186 Å². The van der Waals surface area contributed by atoms with Crippen LogP contribution in [0.4, 0.5) is 14.5 Å². The maximum atomic E-state index is 12.6. The van der Waals surface area contributed by atoms with E-state index in [1.807, 2.05) is 35.2 Å². The number of hydrogen-bond donors (Lipinski definition) is 1. The number of halogens is 2. The first-order chi connectivity index (χ1) is 15.5. The number of ether oxygens (including phenoxy) is 3. The topological polar surface area (TPSA) is 60.0 Å². The normalized spacial score (nSPS) is 23.5. The lowest BCUT2D eigenvalue weighted by Gasteiger charge is -2.44. The Bertz CT molecular complexity index is 891. The molecule has 32 heavy (non-hydrogen) atoms. The molecule has 2 atom stereocenters. The fraction of sp³-hybridized carbons (Fsp3) is 0.458. The summed E-state index contributed by atoms with van der Waals surface area (Å²) in [5.41, 5.74) is 1.01. The van der Waals surface area contributed by atoms with Crippen molar-refractivity contribution in [3.05, 3.63) is 60.2 Å². The zero-order valence-electron chi connectivity index (χ0n) is 17.8. The zero-order chi connectivity index (χ0) is 22.4. The molecule has 1 amide bonds. The van der Waals surface area contributed by atoms with E-state index in [4.69, 9.17) is 9.47 Å². The fourth-order valence-electron chi connectivity index (χ4n) is 4.45. The number of benzene rings is 2. The molecule has 2 aromatic rings. The van der Waals surface area contributed by atoms with Gasteiger partial charge in [0.05, 0.1) is 30.5 Å². The Balaban J connectivity index is 1.37. The van der Waals surface area contributed by atoms with E-state index >= 15 is 0 Å². The van der Waals surface area contributed by atoms with Gasteiger partial charge in [0, 0.05) is 19.7 Å². The number of nitrogens with zero attached hydrogens (tertiary/aromatic N) is 1. The quantitative estimate of drug-likeness (QED) is 0.663. The Morgan fingerprint density at radius 2 is 1.94 bits per heavy atom. The standard InChI is InChI=1S/C24H28F2N2O4/c25-23(26)32-20-10-5-4-9-19(20)27-22(29)16-28-13-12-24(11-6-14-31-24)21(15-28)30-17-18-7-2-1-3-8-18/h1-5,7-10,21,23H,6,11-17H2,(H,27,29)/t21-,24+/m1/s1. The zero-order valence-corrected chi connectivity index (χ0v) is 17.8. The smallest absolute Gasteiger partial charge is 0.387 e. The molecule has 2 aliphatic rings. The summed E-state index contributed by atoms with van der Waals surface area (Å²) in [7, 11) is 0. The van der Waals surface area contributed by atoms with Gasteiger partial charge in [0.25, 0.3) is 0 Å². The number of alkyl halides is 2. The summed E-state index contributed by atoms with van der Waals surface area (Å²) in [6.45, 7) is -0.352. The average Bonchev–Trinajstić information content (AvgIpc) is 3.25. The van der Waals surface area contributed by atoms with Gasteiger partial charge in [-0.3, -0.25) is 9.69 Å². The van der Waals surface area contributed by atoms with Crippen molar-refractivity contribution in [1.29, 1.82) is 0 Å². The maximum Gasteiger partial charge on any atom is 0.387 e. The maximum absolute atomic E-state index is 12.6. The van der Waals surface area contributed by atoms with Crippen LogP contribution in [-0.4, -0.2) is 55.4 Å². The summed E-state index contributed by atoms with van der Waals surface area (Å²) in [5.74, 6) is -0.350. The van der Waals surface area contributed by atoms with E-state index in [1.165, 1.54) is 6.07 Å². The molecule has 1 spiro atoms. The van der Waals surface area contributed by atoms with Crippen LogP contribution >= 0.6 is 0 Å². The number of nitrogens with one attached hydrogen (secondary N) is 1. The van der Waals surface area contributed by atoms with Crippen molar-refractivity contribution >= 4 is 11.6 Å². The summed E-state index contributed by atoms with van der Waals surface area (Å²) in [6, 6.07) is 16.1. The molecule has 0 bridgehead atoms. The van der Waals surface area contributed by atoms with E-state index in [0.717, 1.165) is 31.4 Å². The predicted octanol–water partition coefficient (Wildman–Crippen LogP) is 4.07. The first kappa shape index (κ1) is 22.6. The summed E-state index contributed by atoms with van der Waals surface area (Å²) in [6.07, 6.45) is 2.59. The van der Waals surface area contributed by atoms with E-state index in [1.54, 1.807) is 18.2 Å². The summed E-state index contributed by atoms with van der Waals surface area (Å²) in [4.78, 5) is 14.7. The lowest BCUT2D eigenvalue weighted by atomic mass is 9.85. The molecule has 2 fully saturated rings. The molecule has 0 saturated carbocycles. The molecule has 4 rings (SSSR count). The van der Waals surface area contributed by atoms with Crippen LogP contribution in [0.15, 0.2) is 54.6 Å². The number of para-hydroxylation sites is 2. The van der Waals surface area contributed by atoms with E-state index in [2.05, 4.69) is 10.1 Å². The molecule has 2 heterocycles. The van der Waals surface area contributed by atoms with Gasteiger partial charge in [-0.15, -0.1) is 0 Å². The van der Waals surface area contributed by atoms with Gasteiger partial charge in [0.15, 0.2) is 0 Å². The number of hydrogen-bond acceptors (Lipinski definition) is 5. The second-order valence-corrected chi connectivity index (χ2v) is 8.21. The SMILES string of the molecule is O=C(CN1CC[C@@]2(CCCO2)[C@H](OCc2ccccc2)C1)Nc1ccccc1OC(F)F. The van der Waals surface area contributed by atoms with Crippen LogP contribution in [0.2, 0.25) is 0 Å². The van der Waals surface area contributed by atoms with Crippen molar-refractivity contribution in [2.45, 2.75) is 44.2 Å². The van der Waals surface area contributed by atoms with Gasteiger partial charge in [0.1, 0.15) is 5.75 Å². The van der Waals surface area contributed by atoms with Crippen molar-refractivity contribution in [2.24, 2.45) is 0 Å². The number of amides is 1. The second-order valence-electron chi connectivity index (χ2n) is 8.21. The van der Waals surface area contributed by atoms with Crippen molar-refractivity contribution < 1.29 is 27.8 Å². The lowest BCUT2D eigenvalue weighted by Crippen LogP contribution is -2.57. The molecular formula is C24H28F2N2O4. The number of piperidine rings is 1. The van der Waals surface area contributed by atoms with Gasteiger partial charge >= 0.3 is 6.61 Å². The van der Waals surface area contributed by atoms with E-state index < -0.39 is 6.61 Å². The highest BCUT2D eigenvalue weighted by atomic mass is 19.3. The van der Waals surface area contributed by atoms with Crippen LogP contribution in [0.1, 0.15) is 24.8 Å². The predicted molar refractivity (Wildman–Crippen MR) is 116 cm³/mol. The third-order valence-corrected chi connectivity index (χ3v) is 6.03. The fourth-order valence-corrected chi connectivity index (χ4v) is 4.45. The third kappa shape index (κ3) is 5.62. The van der Waals surface area contributed by atoms with Crippen molar-refractivity contribution in [3.63, 3.8) is 0 Å². The number of carbonyl (C=O) groups is 1. The lowest BCUT2D eigenvalue weighted by molar-refractivity contribution is -0.159. The molecule has 2 aliphatic heterocycles. The number of rotatable bonds is 8. The van der Waals surface area contributed by atoms with Gasteiger partial charge in [-0.25, -0.2) is 0 Å². The summed E-state index contributed by atoms with van der Waals surface area (Å²) in [5, 5.41) is 2.69. The molecule has 0 aliphatic carbocycles. The highest BCUT2D eigenvalue weighted by Gasteiger charge is 2.47. The molecule has 8 heteroatoms. The summed E-state index contributed by atoms with van der Waals surface area (Å²) < 4.78 is 42.2. The van der Waals surface area contributed by atoms with Crippen LogP contribution < -0.4 is 10.1 Å². The molecule has 172 valence electrons. The van der Waals surface area contributed by atoms with Crippen molar-refractivity contribution in [2.75, 3.05) is 31.6 Å². The first-order valence-electron chi connectivity index (χ1n) is 10.9. The molecule has 0 radical (unpaired) electrons. The van der Waals surface area contributed by atoms with E-state index in [9.17, 15) is 13.6 Å². The number of anilines is 1. The van der Waals surface area contributed by atoms with E-state index in [0.29, 0.717) is 19.7 Å². The number of likely N-dealkylation sites (tertiary alicyclic amines) is 1. The molecule has 0 aromatic heterocycles. The molecule has 6 nitrogen and oxygen atoms in total. The van der Waals surface area contributed by atoms with Crippen molar-refractivity contribution in [3.8, 4) is 5.75 Å². The third-order valence-electron chi connectivity index (χ3n) is 6.03. The molecule has 2 aromatic carbocycles. The molecule has 2 saturated heterocycles. The van der Waals surface area contributed by atoms with Gasteiger partial charge in [-0.05, 0) is 37.0 Å². The van der Waals surface area contributed by atoms with Gasteiger partial charge in [-0.1, -0.05) is 42.5 Å². The van der Waals surface area contributed by atoms with Crippen LogP contribution in [0.5, 0.6) is 5.75 Å². The van der Waals surface area contributed by atoms with Crippen molar-refractivity contribution in [1.82, 2.24) is 4.90 Å². The minimum Gasteiger partial charge on any atom is -0.433 e. The Morgan fingerprint density at radius 1 is 1.16 bits per heavy atom. The Hall–Kier alpha value is -2.55.